The zero-order valence-corrected chi connectivity index (χ0v) is 15.5. The molecule has 0 unspecified atom stereocenters. The number of carbonyl (C=O) groups excluding carboxylic acids is 1. The summed E-state index contributed by atoms with van der Waals surface area (Å²) in [6, 6.07) is 7.96. The molecule has 0 radical (unpaired) electrons. The molecule has 6 heteroatoms. The zero-order valence-electron chi connectivity index (χ0n) is 14.8. The summed E-state index contributed by atoms with van der Waals surface area (Å²) < 4.78 is 11.2. The van der Waals surface area contributed by atoms with Crippen LogP contribution in [-0.2, 0) is 19.7 Å². The van der Waals surface area contributed by atoms with Gasteiger partial charge in [0, 0.05) is 37.3 Å². The Balaban J connectivity index is 1.76. The Hall–Kier alpha value is -1.14. The minimum Gasteiger partial charge on any atom is -0.381 e. The van der Waals surface area contributed by atoms with E-state index in [0.29, 0.717) is 32.6 Å². The van der Waals surface area contributed by atoms with Crippen molar-refractivity contribution in [2.75, 3.05) is 40.0 Å². The van der Waals surface area contributed by atoms with E-state index in [-0.39, 0.29) is 11.3 Å². The van der Waals surface area contributed by atoms with Gasteiger partial charge in [-0.3, -0.25) is 4.79 Å². The lowest BCUT2D eigenvalue weighted by atomic mass is 9.74. The summed E-state index contributed by atoms with van der Waals surface area (Å²) in [6.45, 7) is 3.57. The standard InChI is InChI=1S/C19H27ClN2O3/c1-24-19(5-9-21-10-6-19)17(23)22-14-18(7-11-25-12-8-18)15-3-2-4-16(20)13-15/h2-4,13,21H,5-12,14H2,1H3,(H,22,23). The number of rotatable bonds is 5. The number of ether oxygens (including phenoxy) is 2. The highest BCUT2D eigenvalue weighted by molar-refractivity contribution is 6.30. The Labute approximate surface area is 154 Å². The first-order valence-electron chi connectivity index (χ1n) is 8.98. The molecule has 0 saturated carbocycles. The number of carbonyl (C=O) groups is 1. The van der Waals surface area contributed by atoms with E-state index in [9.17, 15) is 4.79 Å². The van der Waals surface area contributed by atoms with Gasteiger partial charge in [0.05, 0.1) is 0 Å². The highest BCUT2D eigenvalue weighted by atomic mass is 35.5. The third-order valence-corrected chi connectivity index (χ3v) is 5.93. The summed E-state index contributed by atoms with van der Waals surface area (Å²) in [6.07, 6.45) is 3.13. The average Bonchev–Trinajstić information content (AvgIpc) is 2.67. The van der Waals surface area contributed by atoms with Gasteiger partial charge in [0.15, 0.2) is 0 Å². The van der Waals surface area contributed by atoms with Crippen molar-refractivity contribution in [1.29, 1.82) is 0 Å². The van der Waals surface area contributed by atoms with Crippen LogP contribution in [0, 0.1) is 0 Å². The molecule has 138 valence electrons. The largest absolute Gasteiger partial charge is 0.381 e. The van der Waals surface area contributed by atoms with Crippen LogP contribution in [0.1, 0.15) is 31.2 Å². The molecule has 0 aromatic heterocycles. The van der Waals surface area contributed by atoms with Gasteiger partial charge in [-0.2, -0.15) is 0 Å². The van der Waals surface area contributed by atoms with E-state index in [1.54, 1.807) is 7.11 Å². The van der Waals surface area contributed by atoms with Gasteiger partial charge in [0.2, 0.25) is 0 Å². The highest BCUT2D eigenvalue weighted by Gasteiger charge is 2.42. The van der Waals surface area contributed by atoms with E-state index < -0.39 is 5.60 Å². The SMILES string of the molecule is COC1(C(=O)NCC2(c3cccc(Cl)c3)CCOCC2)CCNCC1. The van der Waals surface area contributed by atoms with Crippen molar-refractivity contribution in [3.63, 3.8) is 0 Å². The number of benzene rings is 1. The fraction of sp³-hybridized carbons (Fsp3) is 0.632. The van der Waals surface area contributed by atoms with Crippen LogP contribution in [0.5, 0.6) is 0 Å². The molecule has 0 bridgehead atoms. The number of piperidine rings is 1. The monoisotopic (exact) mass is 366 g/mol. The minimum absolute atomic E-state index is 0.00982. The first-order valence-corrected chi connectivity index (χ1v) is 9.36. The van der Waals surface area contributed by atoms with Crippen LogP contribution in [0.2, 0.25) is 5.02 Å². The Bertz CT molecular complexity index is 596. The van der Waals surface area contributed by atoms with Gasteiger partial charge >= 0.3 is 0 Å². The lowest BCUT2D eigenvalue weighted by molar-refractivity contribution is -0.147. The third kappa shape index (κ3) is 4.00. The highest BCUT2D eigenvalue weighted by Crippen LogP contribution is 2.36. The Kier molecular flexibility index (Phi) is 6.00. The quantitative estimate of drug-likeness (QED) is 0.839. The van der Waals surface area contributed by atoms with Crippen molar-refractivity contribution in [3.05, 3.63) is 34.9 Å². The number of hydrogen-bond acceptors (Lipinski definition) is 4. The molecule has 5 nitrogen and oxygen atoms in total. The second-order valence-corrected chi connectivity index (χ2v) is 7.47. The molecule has 25 heavy (non-hydrogen) atoms. The molecule has 2 aliphatic heterocycles. The number of methoxy groups -OCH3 is 1. The van der Waals surface area contributed by atoms with E-state index in [2.05, 4.69) is 16.7 Å². The van der Waals surface area contributed by atoms with E-state index in [0.717, 1.165) is 31.0 Å². The van der Waals surface area contributed by atoms with Crippen molar-refractivity contribution < 1.29 is 14.3 Å². The first kappa shape index (κ1) is 18.6. The maximum Gasteiger partial charge on any atom is 0.252 e. The van der Waals surface area contributed by atoms with Crippen molar-refractivity contribution in [3.8, 4) is 0 Å². The predicted octanol–water partition coefficient (Wildman–Crippen LogP) is 2.27. The third-order valence-electron chi connectivity index (χ3n) is 5.69. The summed E-state index contributed by atoms with van der Waals surface area (Å²) in [5.41, 5.74) is 0.312. The molecule has 0 aliphatic carbocycles. The molecule has 1 aromatic carbocycles. The van der Waals surface area contributed by atoms with Gasteiger partial charge in [-0.05, 0) is 56.5 Å². The molecule has 1 aromatic rings. The lowest BCUT2D eigenvalue weighted by Crippen LogP contribution is -2.56. The van der Waals surface area contributed by atoms with Crippen LogP contribution in [0.15, 0.2) is 24.3 Å². The maximum atomic E-state index is 12.9. The number of nitrogens with one attached hydrogen (secondary N) is 2. The Morgan fingerprint density at radius 1 is 1.28 bits per heavy atom. The molecular weight excluding hydrogens is 340 g/mol. The maximum absolute atomic E-state index is 12.9. The summed E-state index contributed by atoms with van der Waals surface area (Å²) in [5, 5.41) is 7.19. The zero-order chi connectivity index (χ0) is 17.8. The van der Waals surface area contributed by atoms with Gasteiger partial charge in [-0.15, -0.1) is 0 Å². The Morgan fingerprint density at radius 3 is 2.64 bits per heavy atom. The number of halogens is 1. The second-order valence-electron chi connectivity index (χ2n) is 7.03. The predicted molar refractivity (Wildman–Crippen MR) is 98.0 cm³/mol. The van der Waals surface area contributed by atoms with Crippen molar-refractivity contribution in [1.82, 2.24) is 10.6 Å². The van der Waals surface area contributed by atoms with Crippen molar-refractivity contribution >= 4 is 17.5 Å². The fourth-order valence-corrected chi connectivity index (χ4v) is 4.10. The van der Waals surface area contributed by atoms with Gasteiger partial charge in [0.25, 0.3) is 5.91 Å². The minimum atomic E-state index is -0.716. The molecular formula is C19H27ClN2O3. The van der Waals surface area contributed by atoms with Crippen LogP contribution in [0.25, 0.3) is 0 Å². The topological polar surface area (TPSA) is 59.6 Å². The van der Waals surface area contributed by atoms with Crippen LogP contribution >= 0.6 is 11.6 Å². The van der Waals surface area contributed by atoms with E-state index in [1.165, 1.54) is 5.56 Å². The number of hydrogen-bond donors (Lipinski definition) is 2. The molecule has 0 spiro atoms. The first-order chi connectivity index (χ1) is 12.1. The van der Waals surface area contributed by atoms with E-state index in [4.69, 9.17) is 21.1 Å². The van der Waals surface area contributed by atoms with Crippen LogP contribution in [0.3, 0.4) is 0 Å². The second kappa shape index (κ2) is 8.04. The number of amides is 1. The molecule has 2 aliphatic rings. The summed E-state index contributed by atoms with van der Waals surface area (Å²) in [7, 11) is 1.63. The summed E-state index contributed by atoms with van der Waals surface area (Å²) in [5.74, 6) is -0.00982. The molecule has 2 fully saturated rings. The average molecular weight is 367 g/mol. The van der Waals surface area contributed by atoms with Gasteiger partial charge in [-0.25, -0.2) is 0 Å². The van der Waals surface area contributed by atoms with Gasteiger partial charge in [0.1, 0.15) is 5.60 Å². The summed E-state index contributed by atoms with van der Waals surface area (Å²) >= 11 is 6.21. The van der Waals surface area contributed by atoms with E-state index in [1.807, 2.05) is 18.2 Å². The summed E-state index contributed by atoms with van der Waals surface area (Å²) in [4.78, 5) is 12.9. The Morgan fingerprint density at radius 2 is 2.00 bits per heavy atom. The van der Waals surface area contributed by atoms with Gasteiger partial charge in [-0.1, -0.05) is 23.7 Å². The molecule has 2 heterocycles. The van der Waals surface area contributed by atoms with E-state index >= 15 is 0 Å². The molecule has 3 rings (SSSR count). The fourth-order valence-electron chi connectivity index (χ4n) is 3.91. The van der Waals surface area contributed by atoms with Crippen LogP contribution in [0.4, 0.5) is 0 Å². The van der Waals surface area contributed by atoms with Crippen molar-refractivity contribution in [2.45, 2.75) is 36.7 Å². The molecule has 1 amide bonds. The molecule has 0 atom stereocenters. The smallest absolute Gasteiger partial charge is 0.252 e. The van der Waals surface area contributed by atoms with Crippen LogP contribution < -0.4 is 10.6 Å². The van der Waals surface area contributed by atoms with Crippen LogP contribution in [-0.4, -0.2) is 51.5 Å². The van der Waals surface area contributed by atoms with Crippen molar-refractivity contribution in [2.24, 2.45) is 0 Å². The molecule has 2 saturated heterocycles. The lowest BCUT2D eigenvalue weighted by Gasteiger charge is -2.40. The molecule has 2 N–H and O–H groups in total. The van der Waals surface area contributed by atoms with Gasteiger partial charge < -0.3 is 20.1 Å². The normalized spacial score (nSPS) is 22.3.